The van der Waals surface area contributed by atoms with Gasteiger partial charge in [-0.1, -0.05) is 12.1 Å². The summed E-state index contributed by atoms with van der Waals surface area (Å²) in [4.78, 5) is 16.8. The van der Waals surface area contributed by atoms with E-state index in [1.165, 1.54) is 48.5 Å². The van der Waals surface area contributed by atoms with E-state index in [0.717, 1.165) is 0 Å². The van der Waals surface area contributed by atoms with Gasteiger partial charge in [0.15, 0.2) is 0 Å². The molecule has 0 saturated heterocycles. The number of halogens is 1. The Labute approximate surface area is 179 Å². The molecule has 0 radical (unpaired) electrons. The predicted octanol–water partition coefficient (Wildman–Crippen LogP) is 3.44. The number of hydrogen-bond acceptors (Lipinski definition) is 6. The third-order valence-corrected chi connectivity index (χ3v) is 6.26. The summed E-state index contributed by atoms with van der Waals surface area (Å²) < 4.78 is 45.5. The summed E-state index contributed by atoms with van der Waals surface area (Å²) >= 11 is 0. The molecule has 2 N–H and O–H groups in total. The van der Waals surface area contributed by atoms with Crippen molar-refractivity contribution in [1.82, 2.24) is 20.2 Å². The van der Waals surface area contributed by atoms with Crippen molar-refractivity contribution in [3.8, 4) is 11.4 Å². The van der Waals surface area contributed by atoms with Gasteiger partial charge in [-0.25, -0.2) is 17.5 Å². The van der Waals surface area contributed by atoms with E-state index in [0.29, 0.717) is 12.0 Å². The minimum absolute atomic E-state index is 0.0817. The van der Waals surface area contributed by atoms with Crippen LogP contribution in [0.1, 0.15) is 49.5 Å². The molecule has 2 unspecified atom stereocenters. The monoisotopic (exact) mass is 446 g/mol. The van der Waals surface area contributed by atoms with E-state index in [4.69, 9.17) is 4.52 Å². The zero-order valence-electron chi connectivity index (χ0n) is 17.3. The highest BCUT2D eigenvalue weighted by Crippen LogP contribution is 2.19. The molecule has 0 saturated carbocycles. The largest absolute Gasteiger partial charge is 0.341 e. The lowest BCUT2D eigenvalue weighted by Gasteiger charge is -2.13. The lowest BCUT2D eigenvalue weighted by molar-refractivity contribution is 0.0932. The molecule has 10 heteroatoms. The van der Waals surface area contributed by atoms with Crippen molar-refractivity contribution in [3.05, 3.63) is 65.8 Å². The van der Waals surface area contributed by atoms with Gasteiger partial charge < -0.3 is 9.84 Å². The lowest BCUT2D eigenvalue weighted by Crippen LogP contribution is -2.32. The molecule has 0 aliphatic heterocycles. The first-order valence-electron chi connectivity index (χ1n) is 9.72. The molecular formula is C21H23FN4O4S. The van der Waals surface area contributed by atoms with Gasteiger partial charge in [0.25, 0.3) is 5.91 Å². The summed E-state index contributed by atoms with van der Waals surface area (Å²) in [5, 5.41) is 6.58. The predicted molar refractivity (Wildman–Crippen MR) is 112 cm³/mol. The van der Waals surface area contributed by atoms with E-state index in [1.807, 2.05) is 6.92 Å². The second-order valence-electron chi connectivity index (χ2n) is 7.11. The number of nitrogens with zero attached hydrogens (tertiary/aromatic N) is 2. The normalized spacial score (nSPS) is 13.5. The quantitative estimate of drug-likeness (QED) is 0.548. The number of amides is 1. The summed E-state index contributed by atoms with van der Waals surface area (Å²) in [5.41, 5.74) is 0.866. The van der Waals surface area contributed by atoms with Gasteiger partial charge in [-0.3, -0.25) is 4.79 Å². The first-order valence-corrected chi connectivity index (χ1v) is 11.2. The molecule has 1 aromatic heterocycles. The molecule has 0 aliphatic rings. The maximum atomic E-state index is 13.1. The van der Waals surface area contributed by atoms with Gasteiger partial charge in [-0.05, 0) is 68.8 Å². The minimum Gasteiger partial charge on any atom is -0.341 e. The molecular weight excluding hydrogens is 423 g/mol. The van der Waals surface area contributed by atoms with Crippen LogP contribution in [0, 0.1) is 5.82 Å². The summed E-state index contributed by atoms with van der Waals surface area (Å²) in [7, 11) is -3.64. The van der Waals surface area contributed by atoms with E-state index >= 15 is 0 Å². The van der Waals surface area contributed by atoms with Gasteiger partial charge in [-0.15, -0.1) is 0 Å². The number of aromatic nitrogens is 2. The number of benzene rings is 2. The van der Waals surface area contributed by atoms with Gasteiger partial charge in [0, 0.05) is 17.2 Å². The Morgan fingerprint density at radius 1 is 1.10 bits per heavy atom. The first kappa shape index (κ1) is 22.6. The van der Waals surface area contributed by atoms with Crippen LogP contribution in [0.2, 0.25) is 0 Å². The molecule has 31 heavy (non-hydrogen) atoms. The van der Waals surface area contributed by atoms with Crippen LogP contribution in [-0.4, -0.2) is 30.5 Å². The Bertz CT molecular complexity index is 1140. The maximum Gasteiger partial charge on any atom is 0.251 e. The third-order valence-electron chi connectivity index (χ3n) is 4.66. The molecule has 0 fully saturated rings. The summed E-state index contributed by atoms with van der Waals surface area (Å²) in [6.07, 6.45) is 0.663. The van der Waals surface area contributed by atoms with Gasteiger partial charge >= 0.3 is 0 Å². The van der Waals surface area contributed by atoms with Crippen LogP contribution in [0.3, 0.4) is 0 Å². The van der Waals surface area contributed by atoms with Crippen molar-refractivity contribution < 1.29 is 22.1 Å². The van der Waals surface area contributed by atoms with Crippen LogP contribution in [0.5, 0.6) is 0 Å². The number of sulfonamides is 1. The summed E-state index contributed by atoms with van der Waals surface area (Å²) in [6, 6.07) is 10.5. The number of rotatable bonds is 8. The molecule has 2 atom stereocenters. The Balaban J connectivity index is 1.67. The Hall–Kier alpha value is -3.11. The van der Waals surface area contributed by atoms with E-state index in [2.05, 4.69) is 20.2 Å². The van der Waals surface area contributed by atoms with Crippen LogP contribution in [0.4, 0.5) is 4.39 Å². The van der Waals surface area contributed by atoms with Gasteiger partial charge in [0.2, 0.25) is 21.7 Å². The number of carbonyl (C=O) groups excluding carboxylic acids is 1. The van der Waals surface area contributed by atoms with Gasteiger partial charge in [0.1, 0.15) is 11.9 Å². The number of hydrogen-bond donors (Lipinski definition) is 2. The molecule has 3 aromatic rings. The lowest BCUT2D eigenvalue weighted by atomic mass is 10.2. The highest BCUT2D eigenvalue weighted by Gasteiger charge is 2.20. The molecule has 2 aromatic carbocycles. The van der Waals surface area contributed by atoms with E-state index < -0.39 is 22.0 Å². The third kappa shape index (κ3) is 5.53. The Kier molecular flexibility index (Phi) is 6.81. The fourth-order valence-corrected chi connectivity index (χ4v) is 4.00. The average Bonchev–Trinajstić information content (AvgIpc) is 3.24. The molecule has 1 amide bonds. The van der Waals surface area contributed by atoms with Crippen LogP contribution >= 0.6 is 0 Å². The molecule has 8 nitrogen and oxygen atoms in total. The van der Waals surface area contributed by atoms with Crippen LogP contribution < -0.4 is 10.0 Å². The smallest absolute Gasteiger partial charge is 0.251 e. The topological polar surface area (TPSA) is 114 Å². The minimum atomic E-state index is -3.64. The molecule has 1 heterocycles. The second kappa shape index (κ2) is 9.36. The molecule has 0 aliphatic carbocycles. The highest BCUT2D eigenvalue weighted by molar-refractivity contribution is 7.89. The zero-order valence-corrected chi connectivity index (χ0v) is 18.1. The zero-order chi connectivity index (χ0) is 22.6. The molecule has 0 bridgehead atoms. The fourth-order valence-electron chi connectivity index (χ4n) is 2.67. The molecule has 3 rings (SSSR count). The average molecular weight is 447 g/mol. The van der Waals surface area contributed by atoms with Crippen molar-refractivity contribution in [1.29, 1.82) is 0 Å². The van der Waals surface area contributed by atoms with E-state index in [1.54, 1.807) is 13.8 Å². The van der Waals surface area contributed by atoms with Crippen molar-refractivity contribution in [2.45, 2.75) is 44.2 Å². The standard InChI is InChI=1S/C21H23FN4O4S/c1-4-13(2)26-31(28,29)18-11-7-16(8-12-18)20(27)23-14(3)21-24-19(25-30-21)15-5-9-17(22)10-6-15/h5-14,26H,4H2,1-3H3,(H,23,27). The molecule has 0 spiro atoms. The Morgan fingerprint density at radius 3 is 2.35 bits per heavy atom. The SMILES string of the molecule is CCC(C)NS(=O)(=O)c1ccc(C(=O)NC(C)c2nc(-c3ccc(F)cc3)no2)cc1. The second-order valence-corrected chi connectivity index (χ2v) is 8.83. The van der Waals surface area contributed by atoms with E-state index in [9.17, 15) is 17.6 Å². The maximum absolute atomic E-state index is 13.1. The highest BCUT2D eigenvalue weighted by atomic mass is 32.2. The van der Waals surface area contributed by atoms with Gasteiger partial charge in [0.05, 0.1) is 4.90 Å². The van der Waals surface area contributed by atoms with Crippen molar-refractivity contribution in [3.63, 3.8) is 0 Å². The molecule has 164 valence electrons. The van der Waals surface area contributed by atoms with Gasteiger partial charge in [-0.2, -0.15) is 4.98 Å². The number of nitrogens with one attached hydrogen (secondary N) is 2. The summed E-state index contributed by atoms with van der Waals surface area (Å²) in [5.74, 6) is -0.334. The van der Waals surface area contributed by atoms with Crippen molar-refractivity contribution >= 4 is 15.9 Å². The van der Waals surface area contributed by atoms with Crippen LogP contribution in [0.15, 0.2) is 57.9 Å². The van der Waals surface area contributed by atoms with Crippen LogP contribution in [0.25, 0.3) is 11.4 Å². The van der Waals surface area contributed by atoms with Crippen molar-refractivity contribution in [2.24, 2.45) is 0 Å². The Morgan fingerprint density at radius 2 is 1.74 bits per heavy atom. The van der Waals surface area contributed by atoms with Crippen LogP contribution in [-0.2, 0) is 10.0 Å². The van der Waals surface area contributed by atoms with E-state index in [-0.39, 0.29) is 34.0 Å². The van der Waals surface area contributed by atoms with Crippen molar-refractivity contribution in [2.75, 3.05) is 0 Å². The first-order chi connectivity index (χ1) is 14.7. The fraction of sp³-hybridized carbons (Fsp3) is 0.286. The number of carbonyl (C=O) groups is 1. The summed E-state index contributed by atoms with van der Waals surface area (Å²) in [6.45, 7) is 5.34.